The van der Waals surface area contributed by atoms with Crippen LogP contribution in [-0.4, -0.2) is 25.8 Å². The summed E-state index contributed by atoms with van der Waals surface area (Å²) >= 11 is 7.29. The van der Waals surface area contributed by atoms with Crippen LogP contribution in [0.25, 0.3) is 10.7 Å². The van der Waals surface area contributed by atoms with Gasteiger partial charge in [-0.05, 0) is 25.0 Å². The first-order chi connectivity index (χ1) is 8.66. The topological polar surface area (TPSA) is 68.0 Å². The van der Waals surface area contributed by atoms with Gasteiger partial charge in [0.15, 0.2) is 5.82 Å². The van der Waals surface area contributed by atoms with Gasteiger partial charge in [-0.2, -0.15) is 0 Å². The van der Waals surface area contributed by atoms with Crippen molar-refractivity contribution in [2.45, 2.75) is 25.3 Å². The predicted octanol–water partition coefficient (Wildman–Crippen LogP) is 2.62. The van der Waals surface area contributed by atoms with Crippen molar-refractivity contribution in [3.63, 3.8) is 0 Å². The second-order valence-corrected chi connectivity index (χ2v) is 5.87. The van der Waals surface area contributed by atoms with Crippen LogP contribution in [0, 0.1) is 0 Å². The minimum atomic E-state index is -0.834. The third-order valence-corrected chi connectivity index (χ3v) is 4.26. The highest BCUT2D eigenvalue weighted by atomic mass is 35.5. The van der Waals surface area contributed by atoms with Crippen molar-refractivity contribution in [1.29, 1.82) is 0 Å². The Bertz CT molecular complexity index is 607. The maximum atomic E-state index is 11.3. The molecule has 0 aromatic carbocycles. The van der Waals surface area contributed by atoms with Crippen LogP contribution < -0.4 is 0 Å². The van der Waals surface area contributed by atoms with E-state index in [1.807, 2.05) is 6.07 Å². The first-order valence-corrected chi connectivity index (χ1v) is 6.78. The number of aliphatic carboxylic acids is 1. The van der Waals surface area contributed by atoms with E-state index in [4.69, 9.17) is 11.6 Å². The smallest absolute Gasteiger partial charge is 0.326 e. The highest BCUT2D eigenvalue weighted by molar-refractivity contribution is 7.19. The SMILES string of the molecule is O=C(O)C1CCCc2nnc(-c3ccc(Cl)s3)n21. The molecule has 1 unspecified atom stereocenters. The van der Waals surface area contributed by atoms with Crippen LogP contribution in [0.2, 0.25) is 4.34 Å². The number of carboxylic acid groups (broad SMARTS) is 1. The summed E-state index contributed by atoms with van der Waals surface area (Å²) in [6.07, 6.45) is 2.22. The highest BCUT2D eigenvalue weighted by Crippen LogP contribution is 2.34. The third-order valence-electron chi connectivity index (χ3n) is 3.03. The molecule has 0 amide bonds. The molecule has 7 heteroatoms. The summed E-state index contributed by atoms with van der Waals surface area (Å²) in [4.78, 5) is 12.2. The molecule has 0 saturated carbocycles. The Morgan fingerprint density at radius 3 is 3.00 bits per heavy atom. The molecule has 5 nitrogen and oxygen atoms in total. The van der Waals surface area contributed by atoms with Crippen molar-refractivity contribution in [2.75, 3.05) is 0 Å². The maximum Gasteiger partial charge on any atom is 0.326 e. The first kappa shape index (κ1) is 11.7. The van der Waals surface area contributed by atoms with E-state index >= 15 is 0 Å². The van der Waals surface area contributed by atoms with Crippen molar-refractivity contribution in [3.05, 3.63) is 22.3 Å². The fourth-order valence-electron chi connectivity index (χ4n) is 2.24. The number of carboxylic acids is 1. The molecule has 0 saturated heterocycles. The molecule has 3 heterocycles. The summed E-state index contributed by atoms with van der Waals surface area (Å²) in [7, 11) is 0. The van der Waals surface area contributed by atoms with Crippen LogP contribution >= 0.6 is 22.9 Å². The van der Waals surface area contributed by atoms with Gasteiger partial charge in [0, 0.05) is 6.42 Å². The molecule has 3 rings (SSSR count). The van der Waals surface area contributed by atoms with E-state index in [0.29, 0.717) is 16.6 Å². The van der Waals surface area contributed by atoms with Gasteiger partial charge >= 0.3 is 5.97 Å². The standard InChI is InChI=1S/C11H10ClN3O2S/c12-8-5-4-7(18-8)10-14-13-9-3-1-2-6(11(16)17)15(9)10/h4-6H,1-3H2,(H,16,17). The lowest BCUT2D eigenvalue weighted by Gasteiger charge is -2.22. The van der Waals surface area contributed by atoms with E-state index in [2.05, 4.69) is 10.2 Å². The number of fused-ring (bicyclic) bond motifs is 1. The zero-order valence-corrected chi connectivity index (χ0v) is 10.9. The number of hydrogen-bond donors (Lipinski definition) is 1. The molecular weight excluding hydrogens is 274 g/mol. The summed E-state index contributed by atoms with van der Waals surface area (Å²) in [6.45, 7) is 0. The fourth-order valence-corrected chi connectivity index (χ4v) is 3.27. The number of thiophene rings is 1. The van der Waals surface area contributed by atoms with Gasteiger partial charge < -0.3 is 5.11 Å². The lowest BCUT2D eigenvalue weighted by molar-refractivity contribution is -0.141. The molecule has 1 atom stereocenters. The summed E-state index contributed by atoms with van der Waals surface area (Å²) in [5.41, 5.74) is 0. The van der Waals surface area contributed by atoms with Gasteiger partial charge in [0.1, 0.15) is 11.9 Å². The van der Waals surface area contributed by atoms with Gasteiger partial charge in [0.2, 0.25) is 0 Å². The van der Waals surface area contributed by atoms with Crippen LogP contribution in [0.5, 0.6) is 0 Å². The molecule has 0 aliphatic carbocycles. The molecule has 1 N–H and O–H groups in total. The van der Waals surface area contributed by atoms with Crippen LogP contribution in [0.1, 0.15) is 24.7 Å². The number of aromatic nitrogens is 3. The van der Waals surface area contributed by atoms with E-state index in [1.54, 1.807) is 10.6 Å². The van der Waals surface area contributed by atoms with Crippen LogP contribution in [-0.2, 0) is 11.2 Å². The zero-order valence-electron chi connectivity index (χ0n) is 9.34. The molecule has 2 aromatic rings. The fraction of sp³-hybridized carbons (Fsp3) is 0.364. The van der Waals surface area contributed by atoms with Gasteiger partial charge in [-0.1, -0.05) is 11.6 Å². The molecule has 0 fully saturated rings. The van der Waals surface area contributed by atoms with Crippen molar-refractivity contribution < 1.29 is 9.90 Å². The molecule has 0 radical (unpaired) electrons. The first-order valence-electron chi connectivity index (χ1n) is 5.59. The molecular formula is C11H10ClN3O2S. The van der Waals surface area contributed by atoms with Crippen LogP contribution in [0.3, 0.4) is 0 Å². The third kappa shape index (κ3) is 1.81. The van der Waals surface area contributed by atoms with Crippen molar-refractivity contribution in [3.8, 4) is 10.7 Å². The molecule has 1 aliphatic heterocycles. The van der Waals surface area contributed by atoms with Gasteiger partial charge in [0.25, 0.3) is 0 Å². The summed E-state index contributed by atoms with van der Waals surface area (Å²) in [5.74, 6) is 0.516. The normalized spacial score (nSPS) is 18.6. The van der Waals surface area contributed by atoms with Crippen LogP contribution in [0.4, 0.5) is 0 Å². The van der Waals surface area contributed by atoms with E-state index in [9.17, 15) is 9.90 Å². The molecule has 1 aliphatic rings. The highest BCUT2D eigenvalue weighted by Gasteiger charge is 2.30. The number of aryl methyl sites for hydroxylation is 1. The summed E-state index contributed by atoms with van der Waals surface area (Å²) in [5, 5.41) is 17.5. The Balaban J connectivity index is 2.12. The largest absolute Gasteiger partial charge is 0.480 e. The Morgan fingerprint density at radius 2 is 2.33 bits per heavy atom. The molecule has 94 valence electrons. The minimum Gasteiger partial charge on any atom is -0.480 e. The average Bonchev–Trinajstić information content (AvgIpc) is 2.94. The second-order valence-electron chi connectivity index (χ2n) is 4.16. The lowest BCUT2D eigenvalue weighted by atomic mass is 10.0. The Kier molecular flexibility index (Phi) is 2.83. The van der Waals surface area contributed by atoms with Gasteiger partial charge in [-0.25, -0.2) is 4.79 Å². The van der Waals surface area contributed by atoms with Crippen molar-refractivity contribution >= 4 is 28.9 Å². The summed E-state index contributed by atoms with van der Waals surface area (Å²) < 4.78 is 2.39. The van der Waals surface area contributed by atoms with E-state index in [1.165, 1.54) is 11.3 Å². The molecule has 0 spiro atoms. The number of halogens is 1. The average molecular weight is 284 g/mol. The quantitative estimate of drug-likeness (QED) is 0.920. The zero-order chi connectivity index (χ0) is 12.7. The van der Waals surface area contributed by atoms with Gasteiger partial charge in [-0.15, -0.1) is 21.5 Å². The van der Waals surface area contributed by atoms with Crippen LogP contribution in [0.15, 0.2) is 12.1 Å². The molecule has 18 heavy (non-hydrogen) atoms. The Labute approximate surface area is 112 Å². The molecule has 0 bridgehead atoms. The Morgan fingerprint density at radius 1 is 1.50 bits per heavy atom. The second kappa shape index (κ2) is 4.37. The predicted molar refractivity (Wildman–Crippen MR) is 68.0 cm³/mol. The van der Waals surface area contributed by atoms with Crippen molar-refractivity contribution in [1.82, 2.24) is 14.8 Å². The van der Waals surface area contributed by atoms with Gasteiger partial charge in [-0.3, -0.25) is 4.57 Å². The van der Waals surface area contributed by atoms with Crippen molar-refractivity contribution in [2.24, 2.45) is 0 Å². The summed E-state index contributed by atoms with van der Waals surface area (Å²) in [6, 6.07) is 3.05. The maximum absolute atomic E-state index is 11.3. The Hall–Kier alpha value is -1.40. The number of rotatable bonds is 2. The van der Waals surface area contributed by atoms with E-state index in [0.717, 1.165) is 23.5 Å². The van der Waals surface area contributed by atoms with E-state index < -0.39 is 12.0 Å². The van der Waals surface area contributed by atoms with E-state index in [-0.39, 0.29) is 0 Å². The van der Waals surface area contributed by atoms with Gasteiger partial charge in [0.05, 0.1) is 9.21 Å². The number of nitrogens with zero attached hydrogens (tertiary/aromatic N) is 3. The minimum absolute atomic E-state index is 0.570. The molecule has 2 aromatic heterocycles. The number of carbonyl (C=O) groups is 1. The lowest BCUT2D eigenvalue weighted by Crippen LogP contribution is -2.25. The number of hydrogen-bond acceptors (Lipinski definition) is 4. The monoisotopic (exact) mass is 283 g/mol.